The number of piperidine rings is 1. The van der Waals surface area contributed by atoms with Gasteiger partial charge in [0.2, 0.25) is 0 Å². The third kappa shape index (κ3) is 4.33. The number of pyridine rings is 1. The number of hydrogen-bond acceptors (Lipinski definition) is 3. The molecule has 1 saturated heterocycles. The molecule has 1 aliphatic rings. The summed E-state index contributed by atoms with van der Waals surface area (Å²) in [4.78, 5) is 18.7. The molecule has 1 aromatic carbocycles. The van der Waals surface area contributed by atoms with Crippen LogP contribution in [0, 0.1) is 5.92 Å². The van der Waals surface area contributed by atoms with Gasteiger partial charge in [-0.2, -0.15) is 0 Å². The number of carbonyl (C=O) groups excluding carboxylic acids is 1. The lowest BCUT2D eigenvalue weighted by atomic mass is 9.99. The van der Waals surface area contributed by atoms with E-state index in [9.17, 15) is 18.0 Å². The second kappa shape index (κ2) is 7.35. The highest BCUT2D eigenvalue weighted by atomic mass is 19.4. The summed E-state index contributed by atoms with van der Waals surface area (Å²) >= 11 is 0. The van der Waals surface area contributed by atoms with Crippen molar-refractivity contribution in [1.29, 1.82) is 0 Å². The van der Waals surface area contributed by atoms with Gasteiger partial charge in [-0.1, -0.05) is 25.1 Å². The van der Waals surface area contributed by atoms with Gasteiger partial charge in [-0.3, -0.25) is 4.79 Å². The van der Waals surface area contributed by atoms with Crippen molar-refractivity contribution in [3.05, 3.63) is 48.2 Å². The first-order valence-corrected chi connectivity index (χ1v) is 8.45. The Bertz CT molecular complexity index is 784. The molecule has 1 amide bonds. The van der Waals surface area contributed by atoms with Gasteiger partial charge in [0, 0.05) is 18.7 Å². The van der Waals surface area contributed by atoms with Crippen LogP contribution in [-0.4, -0.2) is 35.2 Å². The molecule has 0 aliphatic carbocycles. The van der Waals surface area contributed by atoms with Gasteiger partial charge in [-0.15, -0.1) is 13.2 Å². The highest BCUT2D eigenvalue weighted by Crippen LogP contribution is 2.32. The smallest absolute Gasteiger partial charge is 0.405 e. The lowest BCUT2D eigenvalue weighted by molar-refractivity contribution is -0.274. The Balaban J connectivity index is 1.87. The first-order chi connectivity index (χ1) is 12.3. The number of hydrogen-bond donors (Lipinski definition) is 0. The molecule has 138 valence electrons. The molecule has 1 aromatic heterocycles. The standard InChI is InChI=1S/C19H19F3N2O2/c1-13-9-11-24(12-10-13)18(25)16-7-4-6-15(23-16)14-5-2-3-8-17(14)26-19(20,21)22/h2-8,13H,9-12H2,1H3. The van der Waals surface area contributed by atoms with E-state index in [-0.39, 0.29) is 28.6 Å². The number of ether oxygens (including phenoxy) is 1. The van der Waals surface area contributed by atoms with Crippen LogP contribution >= 0.6 is 0 Å². The number of aromatic nitrogens is 1. The monoisotopic (exact) mass is 364 g/mol. The minimum Gasteiger partial charge on any atom is -0.405 e. The van der Waals surface area contributed by atoms with Crippen molar-refractivity contribution in [1.82, 2.24) is 9.88 Å². The van der Waals surface area contributed by atoms with Crippen molar-refractivity contribution in [2.24, 2.45) is 5.92 Å². The summed E-state index contributed by atoms with van der Waals surface area (Å²) in [7, 11) is 0. The summed E-state index contributed by atoms with van der Waals surface area (Å²) in [6.07, 6.45) is -2.92. The zero-order chi connectivity index (χ0) is 18.7. The minimum atomic E-state index is -4.80. The first kappa shape index (κ1) is 18.2. The predicted molar refractivity (Wildman–Crippen MR) is 90.7 cm³/mol. The van der Waals surface area contributed by atoms with E-state index in [4.69, 9.17) is 0 Å². The molecule has 0 bridgehead atoms. The zero-order valence-corrected chi connectivity index (χ0v) is 14.3. The Kier molecular flexibility index (Phi) is 5.15. The average molecular weight is 364 g/mol. The number of alkyl halides is 3. The topological polar surface area (TPSA) is 42.4 Å². The minimum absolute atomic E-state index is 0.187. The Labute approximate surface area is 149 Å². The number of rotatable bonds is 3. The predicted octanol–water partition coefficient (Wildman–Crippen LogP) is 4.52. The van der Waals surface area contributed by atoms with Crippen LogP contribution in [0.5, 0.6) is 5.75 Å². The van der Waals surface area contributed by atoms with Crippen molar-refractivity contribution >= 4 is 5.91 Å². The summed E-state index contributed by atoms with van der Waals surface area (Å²) in [6.45, 7) is 3.48. The second-order valence-electron chi connectivity index (χ2n) is 6.43. The summed E-state index contributed by atoms with van der Waals surface area (Å²) in [6, 6.07) is 10.5. The maximum Gasteiger partial charge on any atom is 0.573 e. The molecule has 0 saturated carbocycles. The number of halogens is 3. The molecule has 26 heavy (non-hydrogen) atoms. The van der Waals surface area contributed by atoms with Crippen LogP contribution in [0.25, 0.3) is 11.3 Å². The van der Waals surface area contributed by atoms with Crippen LogP contribution in [0.15, 0.2) is 42.5 Å². The maximum atomic E-state index is 12.7. The van der Waals surface area contributed by atoms with E-state index in [0.717, 1.165) is 12.8 Å². The molecule has 0 radical (unpaired) electrons. The summed E-state index contributed by atoms with van der Waals surface area (Å²) < 4.78 is 41.9. The molecule has 0 spiro atoms. The Morgan fingerprint density at radius 1 is 1.12 bits per heavy atom. The SMILES string of the molecule is CC1CCN(C(=O)c2cccc(-c3ccccc3OC(F)(F)F)n2)CC1. The third-order valence-electron chi connectivity index (χ3n) is 4.43. The lowest BCUT2D eigenvalue weighted by Crippen LogP contribution is -2.38. The maximum absolute atomic E-state index is 12.7. The number of likely N-dealkylation sites (tertiary alicyclic amines) is 1. The van der Waals surface area contributed by atoms with Gasteiger partial charge in [-0.05, 0) is 43.0 Å². The van der Waals surface area contributed by atoms with E-state index in [1.54, 1.807) is 29.2 Å². The van der Waals surface area contributed by atoms with E-state index in [2.05, 4.69) is 16.6 Å². The van der Waals surface area contributed by atoms with Gasteiger partial charge < -0.3 is 9.64 Å². The van der Waals surface area contributed by atoms with E-state index in [1.165, 1.54) is 18.2 Å². The van der Waals surface area contributed by atoms with Gasteiger partial charge in [0.05, 0.1) is 5.69 Å². The fraction of sp³-hybridized carbons (Fsp3) is 0.368. The molecule has 7 heteroatoms. The number of nitrogens with zero attached hydrogens (tertiary/aromatic N) is 2. The first-order valence-electron chi connectivity index (χ1n) is 8.45. The van der Waals surface area contributed by atoms with E-state index in [0.29, 0.717) is 19.0 Å². The molecular formula is C19H19F3N2O2. The molecule has 2 heterocycles. The Hall–Kier alpha value is -2.57. The molecule has 4 nitrogen and oxygen atoms in total. The molecule has 0 N–H and O–H groups in total. The molecule has 1 aliphatic heterocycles. The highest BCUT2D eigenvalue weighted by Gasteiger charge is 2.32. The Morgan fingerprint density at radius 2 is 1.81 bits per heavy atom. The molecule has 1 fully saturated rings. The molecular weight excluding hydrogens is 345 g/mol. The van der Waals surface area contributed by atoms with Crippen LogP contribution in [0.1, 0.15) is 30.3 Å². The number of benzene rings is 1. The van der Waals surface area contributed by atoms with Crippen LogP contribution in [0.4, 0.5) is 13.2 Å². The van der Waals surface area contributed by atoms with Gasteiger partial charge >= 0.3 is 6.36 Å². The average Bonchev–Trinajstić information content (AvgIpc) is 2.61. The van der Waals surface area contributed by atoms with E-state index < -0.39 is 6.36 Å². The molecule has 3 rings (SSSR count). The van der Waals surface area contributed by atoms with Crippen LogP contribution < -0.4 is 4.74 Å². The van der Waals surface area contributed by atoms with Crippen molar-refractivity contribution < 1.29 is 22.7 Å². The lowest BCUT2D eigenvalue weighted by Gasteiger charge is -2.30. The highest BCUT2D eigenvalue weighted by molar-refractivity contribution is 5.93. The molecule has 2 aromatic rings. The fourth-order valence-electron chi connectivity index (χ4n) is 2.97. The van der Waals surface area contributed by atoms with E-state index in [1.807, 2.05) is 0 Å². The summed E-state index contributed by atoms with van der Waals surface area (Å²) in [5, 5.41) is 0. The quantitative estimate of drug-likeness (QED) is 0.804. The van der Waals surface area contributed by atoms with Crippen molar-refractivity contribution in [2.45, 2.75) is 26.1 Å². The summed E-state index contributed by atoms with van der Waals surface area (Å²) in [5.74, 6) is 0.0432. The van der Waals surface area contributed by atoms with Crippen LogP contribution in [-0.2, 0) is 0 Å². The van der Waals surface area contributed by atoms with Crippen molar-refractivity contribution in [3.8, 4) is 17.0 Å². The Morgan fingerprint density at radius 3 is 2.50 bits per heavy atom. The number of para-hydroxylation sites is 1. The largest absolute Gasteiger partial charge is 0.573 e. The van der Waals surface area contributed by atoms with E-state index >= 15 is 0 Å². The number of amides is 1. The van der Waals surface area contributed by atoms with Crippen LogP contribution in [0.3, 0.4) is 0 Å². The van der Waals surface area contributed by atoms with Gasteiger partial charge in [0.1, 0.15) is 11.4 Å². The summed E-state index contributed by atoms with van der Waals surface area (Å²) in [5.41, 5.74) is 0.673. The zero-order valence-electron chi connectivity index (χ0n) is 14.3. The normalized spacial score (nSPS) is 15.8. The van der Waals surface area contributed by atoms with Crippen molar-refractivity contribution in [2.75, 3.05) is 13.1 Å². The van der Waals surface area contributed by atoms with Gasteiger partial charge in [-0.25, -0.2) is 4.98 Å². The third-order valence-corrected chi connectivity index (χ3v) is 4.43. The molecule has 0 atom stereocenters. The molecule has 0 unspecified atom stereocenters. The number of carbonyl (C=O) groups is 1. The van der Waals surface area contributed by atoms with Crippen LogP contribution in [0.2, 0.25) is 0 Å². The van der Waals surface area contributed by atoms with Gasteiger partial charge in [0.15, 0.2) is 0 Å². The van der Waals surface area contributed by atoms with Crippen molar-refractivity contribution in [3.63, 3.8) is 0 Å². The fourth-order valence-corrected chi connectivity index (χ4v) is 2.97. The second-order valence-corrected chi connectivity index (χ2v) is 6.43. The van der Waals surface area contributed by atoms with Gasteiger partial charge in [0.25, 0.3) is 5.91 Å².